The third kappa shape index (κ3) is 1.52. The van der Waals surface area contributed by atoms with E-state index in [1.807, 2.05) is 23.9 Å². The zero-order valence-electron chi connectivity index (χ0n) is 11.4. The van der Waals surface area contributed by atoms with Crippen LogP contribution >= 0.6 is 11.8 Å². The molecule has 3 nitrogen and oxygen atoms in total. The number of hydrogen-bond donors (Lipinski definition) is 0. The molecule has 0 spiro atoms. The topological polar surface area (TPSA) is 27.1 Å². The number of thioether (sulfide) groups is 1. The Balaban J connectivity index is 1.82. The lowest BCUT2D eigenvalue weighted by Gasteiger charge is -2.31. The summed E-state index contributed by atoms with van der Waals surface area (Å²) in [7, 11) is 0. The smallest absolute Gasteiger partial charge is 0.197 e. The predicted molar refractivity (Wildman–Crippen MR) is 84.3 cm³/mol. The molecule has 1 fully saturated rings. The van der Waals surface area contributed by atoms with E-state index in [1.54, 1.807) is 0 Å². The molecule has 1 saturated heterocycles. The van der Waals surface area contributed by atoms with E-state index in [9.17, 15) is 0 Å². The molecule has 3 heterocycles. The highest BCUT2D eigenvalue weighted by atomic mass is 32.2. The Hall–Kier alpha value is -1.78. The van der Waals surface area contributed by atoms with Crippen molar-refractivity contribution in [1.82, 2.24) is 9.55 Å². The molecule has 2 atom stereocenters. The molecule has 2 aliphatic heterocycles. The van der Waals surface area contributed by atoms with Gasteiger partial charge in [-0.15, -0.1) is 11.8 Å². The molecular formula is C17H14N2OS. The lowest BCUT2D eigenvalue weighted by molar-refractivity contribution is 0.0736. The van der Waals surface area contributed by atoms with Crippen LogP contribution in [0.2, 0.25) is 0 Å². The van der Waals surface area contributed by atoms with Gasteiger partial charge in [-0.05, 0) is 12.1 Å². The molecule has 0 N–H and O–H groups in total. The summed E-state index contributed by atoms with van der Waals surface area (Å²) in [6.07, 6.45) is 0. The van der Waals surface area contributed by atoms with Crippen LogP contribution in [-0.4, -0.2) is 21.4 Å². The zero-order chi connectivity index (χ0) is 13.9. The van der Waals surface area contributed by atoms with Crippen molar-refractivity contribution >= 4 is 22.8 Å². The van der Waals surface area contributed by atoms with E-state index in [4.69, 9.17) is 9.72 Å². The van der Waals surface area contributed by atoms with Gasteiger partial charge in [-0.25, -0.2) is 4.98 Å². The lowest BCUT2D eigenvalue weighted by atomic mass is 10.1. The summed E-state index contributed by atoms with van der Waals surface area (Å²) in [5.41, 5.74) is 3.46. The van der Waals surface area contributed by atoms with Crippen molar-refractivity contribution < 1.29 is 4.74 Å². The van der Waals surface area contributed by atoms with Gasteiger partial charge in [0.05, 0.1) is 17.6 Å². The molecule has 2 aromatic carbocycles. The van der Waals surface area contributed by atoms with Gasteiger partial charge in [0, 0.05) is 17.4 Å². The van der Waals surface area contributed by atoms with Crippen LogP contribution in [-0.2, 0) is 16.2 Å². The van der Waals surface area contributed by atoms with Gasteiger partial charge in [-0.2, -0.15) is 0 Å². The van der Waals surface area contributed by atoms with Gasteiger partial charge in [0.2, 0.25) is 0 Å². The first kappa shape index (κ1) is 11.8. The average molecular weight is 294 g/mol. The molecule has 5 rings (SSSR count). The molecule has 1 aromatic heterocycles. The van der Waals surface area contributed by atoms with Crippen LogP contribution in [0.15, 0.2) is 54.6 Å². The maximum Gasteiger partial charge on any atom is 0.197 e. The van der Waals surface area contributed by atoms with Gasteiger partial charge in [0.25, 0.3) is 0 Å². The Kier molecular flexibility index (Phi) is 2.32. The van der Waals surface area contributed by atoms with Gasteiger partial charge in [-0.1, -0.05) is 42.5 Å². The predicted octanol–water partition coefficient (Wildman–Crippen LogP) is 3.38. The van der Waals surface area contributed by atoms with Crippen LogP contribution in [0.4, 0.5) is 0 Å². The summed E-state index contributed by atoms with van der Waals surface area (Å²) in [6, 6.07) is 18.8. The van der Waals surface area contributed by atoms with E-state index >= 15 is 0 Å². The lowest BCUT2D eigenvalue weighted by Crippen LogP contribution is -2.31. The fourth-order valence-electron chi connectivity index (χ4n) is 3.37. The first-order valence-corrected chi connectivity index (χ1v) is 8.08. The maximum absolute atomic E-state index is 6.29. The van der Waals surface area contributed by atoms with Gasteiger partial charge in [-0.3, -0.25) is 0 Å². The quantitative estimate of drug-likeness (QED) is 0.688. The van der Waals surface area contributed by atoms with E-state index < -0.39 is 4.93 Å². The van der Waals surface area contributed by atoms with Crippen molar-refractivity contribution in [1.29, 1.82) is 0 Å². The van der Waals surface area contributed by atoms with Crippen molar-refractivity contribution in [3.63, 3.8) is 0 Å². The highest BCUT2D eigenvalue weighted by Crippen LogP contribution is 2.54. The molecule has 0 radical (unpaired) electrons. The van der Waals surface area contributed by atoms with Crippen LogP contribution in [0, 0.1) is 0 Å². The minimum atomic E-state index is -0.441. The molecule has 0 amide bonds. The van der Waals surface area contributed by atoms with Crippen molar-refractivity contribution in [3.05, 3.63) is 66.0 Å². The van der Waals surface area contributed by atoms with E-state index in [-0.39, 0.29) is 0 Å². The second-order valence-electron chi connectivity index (χ2n) is 5.57. The summed E-state index contributed by atoms with van der Waals surface area (Å²) < 4.78 is 8.63. The first-order chi connectivity index (χ1) is 10.4. The molecule has 4 heteroatoms. The molecule has 3 aromatic rings. The highest BCUT2D eigenvalue weighted by Gasteiger charge is 2.51. The van der Waals surface area contributed by atoms with Gasteiger partial charge in [0.1, 0.15) is 0 Å². The Morgan fingerprint density at radius 1 is 1.10 bits per heavy atom. The molecule has 2 bridgehead atoms. The van der Waals surface area contributed by atoms with Crippen molar-refractivity contribution in [2.24, 2.45) is 0 Å². The molecule has 0 saturated carbocycles. The second-order valence-corrected chi connectivity index (χ2v) is 7.05. The fraction of sp³-hybridized carbons (Fsp3) is 0.235. The molecule has 0 unspecified atom stereocenters. The largest absolute Gasteiger partial charge is 0.351 e. The number of rotatable bonds is 1. The van der Waals surface area contributed by atoms with Gasteiger partial charge >= 0.3 is 0 Å². The number of imidazole rings is 1. The van der Waals surface area contributed by atoms with Gasteiger partial charge in [0.15, 0.2) is 10.8 Å². The van der Waals surface area contributed by atoms with Crippen LogP contribution < -0.4 is 0 Å². The number of hydrogen-bond acceptors (Lipinski definition) is 3. The summed E-state index contributed by atoms with van der Waals surface area (Å²) >= 11 is 1.91. The minimum absolute atomic E-state index is 0.441. The van der Waals surface area contributed by atoms with Crippen molar-refractivity contribution in [2.75, 3.05) is 6.61 Å². The Labute approximate surface area is 126 Å². The van der Waals surface area contributed by atoms with Crippen LogP contribution in [0.5, 0.6) is 0 Å². The third-order valence-electron chi connectivity index (χ3n) is 4.29. The first-order valence-electron chi connectivity index (χ1n) is 7.20. The Morgan fingerprint density at radius 3 is 2.81 bits per heavy atom. The van der Waals surface area contributed by atoms with Crippen molar-refractivity contribution in [2.45, 2.75) is 16.7 Å². The highest BCUT2D eigenvalue weighted by molar-refractivity contribution is 8.01. The summed E-state index contributed by atoms with van der Waals surface area (Å²) in [4.78, 5) is 4.46. The fourth-order valence-corrected chi connectivity index (χ4v) is 4.87. The summed E-state index contributed by atoms with van der Waals surface area (Å²) in [5.74, 6) is 1.04. The van der Waals surface area contributed by atoms with Crippen LogP contribution in [0.25, 0.3) is 11.0 Å². The molecule has 104 valence electrons. The van der Waals surface area contributed by atoms with E-state index in [0.717, 1.165) is 24.5 Å². The molecule has 2 aliphatic rings. The van der Waals surface area contributed by atoms with E-state index in [0.29, 0.717) is 5.25 Å². The zero-order valence-corrected chi connectivity index (χ0v) is 12.2. The van der Waals surface area contributed by atoms with Gasteiger partial charge < -0.3 is 9.30 Å². The Morgan fingerprint density at radius 2 is 1.90 bits per heavy atom. The Bertz CT molecular complexity index is 829. The third-order valence-corrected chi connectivity index (χ3v) is 5.78. The van der Waals surface area contributed by atoms with E-state index in [2.05, 4.69) is 47.0 Å². The number of para-hydroxylation sites is 2. The molecule has 21 heavy (non-hydrogen) atoms. The van der Waals surface area contributed by atoms with E-state index in [1.165, 1.54) is 11.1 Å². The monoisotopic (exact) mass is 294 g/mol. The molecular weight excluding hydrogens is 280 g/mol. The second kappa shape index (κ2) is 4.12. The number of benzene rings is 2. The standard InChI is InChI=1S/C17H14N2OS/c1-2-6-12(7-3-1)17-16-18-14-8-4-5-9-15(14)19(16)10-13(21-17)11-20-17/h1-9,13H,10-11H2/t13-,17+/m0/s1. The SMILES string of the molecule is c1ccc([C@]23OC[C@H](Cn4c2nc2ccccc24)S3)cc1. The van der Waals surface area contributed by atoms with Crippen LogP contribution in [0.1, 0.15) is 11.4 Å². The summed E-state index contributed by atoms with van der Waals surface area (Å²) in [6.45, 7) is 1.77. The molecule has 0 aliphatic carbocycles. The number of ether oxygens (including phenoxy) is 1. The number of fused-ring (bicyclic) bond motifs is 6. The summed E-state index contributed by atoms with van der Waals surface area (Å²) in [5, 5.41) is 0.496. The van der Waals surface area contributed by atoms with Crippen LogP contribution in [0.3, 0.4) is 0 Å². The number of nitrogens with zero attached hydrogens (tertiary/aromatic N) is 2. The maximum atomic E-state index is 6.29. The number of aromatic nitrogens is 2. The normalized spacial score (nSPS) is 27.0. The van der Waals surface area contributed by atoms with Crippen molar-refractivity contribution in [3.8, 4) is 0 Å². The minimum Gasteiger partial charge on any atom is -0.351 e. The average Bonchev–Trinajstić information content (AvgIpc) is 3.10.